The van der Waals surface area contributed by atoms with Gasteiger partial charge in [0.25, 0.3) is 0 Å². The Morgan fingerprint density at radius 1 is 0.263 bits per heavy atom. The van der Waals surface area contributed by atoms with E-state index in [-0.39, 0.29) is 5.41 Å². The number of pyridine rings is 5. The maximum atomic E-state index is 7.43. The highest BCUT2D eigenvalue weighted by Crippen LogP contribution is 2.31. The molecule has 16 nitrogen and oxygen atoms in total. The third-order valence-corrected chi connectivity index (χ3v) is 21.9. The van der Waals surface area contributed by atoms with Crippen molar-refractivity contribution in [3.8, 4) is 56.9 Å². The second-order valence-electron chi connectivity index (χ2n) is 31.5. The Labute approximate surface area is 696 Å². The van der Waals surface area contributed by atoms with Crippen molar-refractivity contribution >= 4 is 16.5 Å². The Kier molecular flexibility index (Phi) is 26.1. The topological polar surface area (TPSA) is 108 Å². The van der Waals surface area contributed by atoms with Crippen molar-refractivity contribution in [3.05, 3.63) is 406 Å². The predicted octanol–water partition coefficient (Wildman–Crippen LogP) is 16.7. The highest BCUT2D eigenvalue weighted by molar-refractivity contribution is 5.91. The molecule has 16 aromatic rings. The average molecular weight is 1560 g/mol. The summed E-state index contributed by atoms with van der Waals surface area (Å²) in [6, 6.07) is 57.3. The second-order valence-corrected chi connectivity index (χ2v) is 31.5. The van der Waals surface area contributed by atoms with Gasteiger partial charge < -0.3 is 0 Å². The summed E-state index contributed by atoms with van der Waals surface area (Å²) in [5, 5.41) is 2.48. The van der Waals surface area contributed by atoms with Gasteiger partial charge in [0.1, 0.15) is 0 Å². The van der Waals surface area contributed by atoms with E-state index in [9.17, 15) is 0 Å². The van der Waals surface area contributed by atoms with Gasteiger partial charge >= 0.3 is 0 Å². The van der Waals surface area contributed by atoms with Crippen LogP contribution in [0.1, 0.15) is 128 Å². The lowest BCUT2D eigenvalue weighted by molar-refractivity contribution is -0.613. The summed E-state index contributed by atoms with van der Waals surface area (Å²) in [6.45, 7) is 52.6. The Balaban J connectivity index is 0.000000136. The molecule has 0 saturated carbocycles. The van der Waals surface area contributed by atoms with Crippen LogP contribution < -0.4 is 45.7 Å². The van der Waals surface area contributed by atoms with E-state index in [0.29, 0.717) is 5.69 Å². The van der Waals surface area contributed by atoms with Gasteiger partial charge in [0.05, 0.1) is 102 Å². The van der Waals surface area contributed by atoms with Crippen LogP contribution >= 0.6 is 0 Å². The zero-order valence-electron chi connectivity index (χ0n) is 72.3. The molecule has 0 atom stereocenters. The van der Waals surface area contributed by atoms with Gasteiger partial charge in [-0.2, -0.15) is 45.7 Å². The van der Waals surface area contributed by atoms with Crippen molar-refractivity contribution in [1.82, 2.24) is 24.9 Å². The number of fused-ring (bicyclic) bond motifs is 1. The first-order valence-electron chi connectivity index (χ1n) is 40.1. The van der Waals surface area contributed by atoms with E-state index in [4.69, 9.17) is 6.57 Å². The van der Waals surface area contributed by atoms with Crippen LogP contribution in [0.4, 0.5) is 5.69 Å². The van der Waals surface area contributed by atoms with Gasteiger partial charge in [-0.05, 0) is 89.5 Å². The zero-order chi connectivity index (χ0) is 84.2. The third kappa shape index (κ3) is 18.3. The fraction of sp³-hybridized carbons (Fsp3) is 0.216. The minimum atomic E-state index is 0.0714. The summed E-state index contributed by atoms with van der Waals surface area (Å²) in [5.74, 6) is 0. The van der Waals surface area contributed by atoms with Crippen LogP contribution in [0.25, 0.3) is 72.5 Å². The van der Waals surface area contributed by atoms with Crippen LogP contribution in [-0.4, -0.2) is 24.9 Å². The normalized spacial score (nSPS) is 10.9. The minimum Gasteiger partial charge on any atom is -0.252 e. The minimum absolute atomic E-state index is 0.0714. The lowest BCUT2D eigenvalue weighted by atomic mass is 9.85. The lowest BCUT2D eigenvalue weighted by Crippen LogP contribution is -2.40. The largest absolute Gasteiger partial charge is 0.252 e. The molecule has 0 saturated heterocycles. The van der Waals surface area contributed by atoms with Crippen molar-refractivity contribution in [2.45, 2.75) is 151 Å². The van der Waals surface area contributed by atoms with Crippen LogP contribution in [0.15, 0.2) is 288 Å². The van der Waals surface area contributed by atoms with Crippen LogP contribution in [0.3, 0.4) is 0 Å². The number of benzene rings is 6. The molecule has 10 aromatic heterocycles. The van der Waals surface area contributed by atoms with Gasteiger partial charge in [-0.25, -0.2) is 4.85 Å². The average Bonchev–Trinajstić information content (AvgIpc) is 0.787. The number of aryl methyl sites for hydroxylation is 13. The Morgan fingerprint density at radius 2 is 0.542 bits per heavy atom. The Bertz CT molecular complexity index is 6180. The molecule has 0 radical (unpaired) electrons. The van der Waals surface area contributed by atoms with E-state index in [1.807, 2.05) is 124 Å². The van der Waals surface area contributed by atoms with E-state index < -0.39 is 0 Å². The monoisotopic (exact) mass is 1560 g/mol. The summed E-state index contributed by atoms with van der Waals surface area (Å²) >= 11 is 0. The van der Waals surface area contributed by atoms with Gasteiger partial charge in [0.15, 0.2) is 96.1 Å². The van der Waals surface area contributed by atoms with Gasteiger partial charge in [0.2, 0.25) is 85.3 Å². The highest BCUT2D eigenvalue weighted by Gasteiger charge is 2.32. The molecule has 588 valence electrons. The van der Waals surface area contributed by atoms with Gasteiger partial charge in [-0.3, -0.25) is 24.9 Å². The molecule has 0 fully saturated rings. The maximum absolute atomic E-state index is 7.43. The molecule has 0 amide bonds. The molecule has 16 heteroatoms. The number of nitrogens with zero attached hydrogens (tertiary/aromatic N) is 16. The molecule has 0 N–H and O–H groups in total. The van der Waals surface area contributed by atoms with Gasteiger partial charge in [-0.1, -0.05) is 69.3 Å². The molecule has 0 unspecified atom stereocenters. The summed E-state index contributed by atoms with van der Waals surface area (Å²) in [6.07, 6.45) is 39.1. The third-order valence-electron chi connectivity index (χ3n) is 21.9. The van der Waals surface area contributed by atoms with E-state index in [0.717, 1.165) is 51.1 Å². The first kappa shape index (κ1) is 83.6. The molecule has 6 aromatic carbocycles. The SMILES string of the molecule is Cc1c(-[n+]2ccccc2C)cc(C(C)(C)C)cc1-[n+]1ccncc1C.Cc1c(-[n+]2ccccc2C)cc2ccccc2c1-[n+]1ccncc1C.Cc1cc(-[n+]2ccccc2C)c(C)c(-[n+]2ccncc2C)c1.Cc1cc(C)c(-[n+]2ccncc2C)c(C)c1-[n+]1ccccc1C.[C-]#[N+]c1cc(-[n+]2ccccc2C)c(C)c(-[n+]2ccncc2C)c1. The number of rotatable bonds is 10. The standard InChI is InChI=1S/C22H21N3.C22H27N3.C20H23N3.C19H18N4.C19H21N3/c1-16-8-6-7-12-24(16)21-14-19-9-4-5-10-20(19)22(18(21)3)25-13-11-23-15-17(25)2;1-16-9-7-8-11-24(16)20-13-19(22(4,5)6)14-21(18(20)3)25-12-10-23-15-17(25)2;1-14-12-15(2)20(23-11-9-21-13-17(23)4)18(5)19(14)22-10-7-6-8-16(22)3;1-14-7-5-6-9-22(14)18-11-17(20-4)12-19(16(18)3)23-10-8-21-13-15(23)2;1-14-11-18(21-9-6-5-7-15(21)2)17(4)19(12-14)22-10-8-20-13-16(22)3/h4-15H,1-3H3;7-15H,1-6H3;6-13H,1-5H3;5-13H,1-3H3;5-13H,1-4H3/q5*+2. The molecule has 16 rings (SSSR count). The van der Waals surface area contributed by atoms with Gasteiger partial charge in [-0.15, -0.1) is 0 Å². The molecular formula is C102H110N16+10. The van der Waals surface area contributed by atoms with Crippen molar-refractivity contribution < 1.29 is 45.7 Å². The number of hydrogen-bond acceptors (Lipinski definition) is 5. The molecule has 0 bridgehead atoms. The fourth-order valence-electron chi connectivity index (χ4n) is 15.5. The Morgan fingerprint density at radius 3 is 0.873 bits per heavy atom. The quantitative estimate of drug-likeness (QED) is 0.100. The van der Waals surface area contributed by atoms with Crippen molar-refractivity contribution in [2.75, 3.05) is 0 Å². The highest BCUT2D eigenvalue weighted by atomic mass is 15.1. The van der Waals surface area contributed by atoms with Crippen LogP contribution in [0.5, 0.6) is 0 Å². The summed E-state index contributed by atoms with van der Waals surface area (Å²) in [7, 11) is 0. The smallest absolute Gasteiger partial charge is 0.228 e. The maximum Gasteiger partial charge on any atom is 0.228 e. The number of aromatic nitrogens is 15. The Hall–Kier alpha value is -13.8. The van der Waals surface area contributed by atoms with Crippen molar-refractivity contribution in [1.29, 1.82) is 0 Å². The molecule has 118 heavy (non-hydrogen) atoms. The molecular weight excluding hydrogens is 1450 g/mol. The molecule has 10 heterocycles. The lowest BCUT2D eigenvalue weighted by Gasteiger charge is -2.20. The second kappa shape index (κ2) is 36.8. The molecule has 0 spiro atoms. The summed E-state index contributed by atoms with van der Waals surface area (Å²) < 4.78 is 22.1. The zero-order valence-corrected chi connectivity index (χ0v) is 72.3. The van der Waals surface area contributed by atoms with E-state index >= 15 is 0 Å². The van der Waals surface area contributed by atoms with E-state index in [1.54, 1.807) is 6.20 Å². The fourth-order valence-corrected chi connectivity index (χ4v) is 15.5. The van der Waals surface area contributed by atoms with E-state index in [1.165, 1.54) is 124 Å². The molecule has 0 aliphatic carbocycles. The predicted molar refractivity (Wildman–Crippen MR) is 464 cm³/mol. The van der Waals surface area contributed by atoms with Crippen LogP contribution in [0, 0.1) is 131 Å². The van der Waals surface area contributed by atoms with Crippen LogP contribution in [-0.2, 0) is 5.41 Å². The summed E-state index contributed by atoms with van der Waals surface area (Å²) in [5.41, 5.74) is 35.3. The van der Waals surface area contributed by atoms with Gasteiger partial charge in [0, 0.05) is 183 Å². The van der Waals surface area contributed by atoms with E-state index in [2.05, 4.69) is 378 Å². The first-order valence-corrected chi connectivity index (χ1v) is 40.1. The van der Waals surface area contributed by atoms with Crippen LogP contribution in [0.2, 0.25) is 0 Å². The summed E-state index contributed by atoms with van der Waals surface area (Å²) in [4.78, 5) is 24.7. The number of hydrogen-bond donors (Lipinski definition) is 0. The van der Waals surface area contributed by atoms with Crippen molar-refractivity contribution in [2.24, 2.45) is 0 Å². The molecule has 0 aliphatic heterocycles. The first-order chi connectivity index (χ1) is 56.6. The van der Waals surface area contributed by atoms with Crippen molar-refractivity contribution in [3.63, 3.8) is 0 Å². The molecule has 0 aliphatic rings.